The number of benzene rings is 4. The zero-order valence-corrected chi connectivity index (χ0v) is 46.6. The Kier molecular flexibility index (Phi) is 21.0. The lowest BCUT2D eigenvalue weighted by atomic mass is 10.1. The highest BCUT2D eigenvalue weighted by Gasteiger charge is 2.49. The minimum absolute atomic E-state index is 0.0404. The predicted octanol–water partition coefficient (Wildman–Crippen LogP) is 10.9. The van der Waals surface area contributed by atoms with Crippen molar-refractivity contribution >= 4 is 24.5 Å². The summed E-state index contributed by atoms with van der Waals surface area (Å²) in [4.78, 5) is 44.7. The standard InChI is InChI=1S/2C16H15F3N2O4.2C13H11F3N2O2/c2*1-23-15(22)14-13(25-14)11-4-2-3-5-12(11)24-8-10-6-7-20-21(10)9-16(17,18)19;2*14-13(15,16)9-18-11(5-6-17-18)8-20-12-4-2-1-3-10(12)7-19/h2*2-7,13-14H,8-9H2,1H3;2*1-7H,8-9H2/i8D2;;8D2;. The monoisotopic (exact) mass is 1280 g/mol. The van der Waals surface area contributed by atoms with Crippen molar-refractivity contribution in [1.82, 2.24) is 39.1 Å². The van der Waals surface area contributed by atoms with Crippen LogP contribution in [-0.4, -0.2) is 115 Å². The van der Waals surface area contributed by atoms with Gasteiger partial charge in [0.1, 0.15) is 87.7 Å². The van der Waals surface area contributed by atoms with E-state index in [1.165, 1.54) is 63.0 Å². The Balaban J connectivity index is 0.000000178. The van der Waals surface area contributed by atoms with E-state index in [1.54, 1.807) is 72.8 Å². The lowest BCUT2D eigenvalue weighted by Crippen LogP contribution is -2.21. The van der Waals surface area contributed by atoms with E-state index in [0.717, 1.165) is 33.9 Å². The van der Waals surface area contributed by atoms with Crippen LogP contribution >= 0.6 is 0 Å². The Hall–Kier alpha value is -9.72. The minimum Gasteiger partial charge on any atom is -0.487 e. The van der Waals surface area contributed by atoms with Gasteiger partial charge in [-0.2, -0.15) is 73.1 Å². The maximum atomic E-state index is 12.7. The molecule has 0 saturated carbocycles. The summed E-state index contributed by atoms with van der Waals surface area (Å²) in [6, 6.07) is 30.5. The SMILES string of the molecule is COC(=O)C1OC1c1ccccc1OCc1ccnn1CC(F)(F)F.O=Cc1ccccc1OCc1ccnn1CC(F)(F)F.[2H]C([2H])(Oc1ccccc1C1OC1C(=O)OC)c1ccnn1CC(F)(F)F.[2H]C([2H])(Oc1ccccc1C=O)c1ccnn1CC(F)(F)F. The van der Waals surface area contributed by atoms with Crippen molar-refractivity contribution in [3.8, 4) is 23.0 Å². The van der Waals surface area contributed by atoms with Gasteiger partial charge in [0.05, 0.1) is 53.6 Å². The first-order valence-electron chi connectivity index (χ1n) is 27.9. The molecule has 32 heteroatoms. The third-order valence-electron chi connectivity index (χ3n) is 12.0. The van der Waals surface area contributed by atoms with E-state index in [4.69, 9.17) is 33.9 Å². The van der Waals surface area contributed by atoms with Gasteiger partial charge in [0.2, 0.25) is 0 Å². The lowest BCUT2D eigenvalue weighted by molar-refractivity contribution is -0.144. The molecule has 2 aliphatic rings. The minimum atomic E-state index is -4.57. The largest absolute Gasteiger partial charge is 0.487 e. The van der Waals surface area contributed by atoms with E-state index in [-0.39, 0.29) is 41.7 Å². The maximum absolute atomic E-state index is 12.7. The molecule has 2 aliphatic heterocycles. The Morgan fingerprint density at radius 2 is 0.733 bits per heavy atom. The van der Waals surface area contributed by atoms with Gasteiger partial charge in [-0.3, -0.25) is 28.3 Å². The molecule has 4 aromatic heterocycles. The van der Waals surface area contributed by atoms with Crippen LogP contribution in [-0.2, 0) is 81.0 Å². The third-order valence-corrected chi connectivity index (χ3v) is 12.0. The number of aldehydes is 2. The zero-order chi connectivity index (χ0) is 68.8. The molecule has 2 fully saturated rings. The second kappa shape index (κ2) is 30.5. The molecule has 10 rings (SSSR count). The van der Waals surface area contributed by atoms with Gasteiger partial charge >= 0.3 is 36.6 Å². The van der Waals surface area contributed by atoms with E-state index in [9.17, 15) is 71.9 Å². The fourth-order valence-corrected chi connectivity index (χ4v) is 7.86. The van der Waals surface area contributed by atoms with Gasteiger partial charge in [-0.1, -0.05) is 60.7 Å². The molecule has 90 heavy (non-hydrogen) atoms. The molecule has 4 atom stereocenters. The number of aromatic nitrogens is 8. The highest BCUT2D eigenvalue weighted by Crippen LogP contribution is 2.45. The van der Waals surface area contributed by atoms with E-state index < -0.39 is 112 Å². The molecule has 4 aromatic carbocycles. The second-order valence-electron chi connectivity index (χ2n) is 18.5. The van der Waals surface area contributed by atoms with Crippen LogP contribution in [0, 0.1) is 0 Å². The summed E-state index contributed by atoms with van der Waals surface area (Å²) in [7, 11) is 2.48. The number of carbonyl (C=O) groups excluding carboxylic acids is 4. The summed E-state index contributed by atoms with van der Waals surface area (Å²) < 4.78 is 226. The van der Waals surface area contributed by atoms with Gasteiger partial charge in [-0.25, -0.2) is 9.59 Å². The number of esters is 2. The Morgan fingerprint density at radius 3 is 1.09 bits per heavy atom. The molecule has 0 aliphatic carbocycles. The number of carbonyl (C=O) groups is 4. The molecular formula is C58H52F12N8O12. The first-order valence-corrected chi connectivity index (χ1v) is 25.9. The van der Waals surface area contributed by atoms with Gasteiger partial charge in [-0.15, -0.1) is 0 Å². The maximum Gasteiger partial charge on any atom is 0.408 e. The predicted molar refractivity (Wildman–Crippen MR) is 286 cm³/mol. The molecule has 0 amide bonds. The van der Waals surface area contributed by atoms with Crippen molar-refractivity contribution in [3.05, 3.63) is 191 Å². The van der Waals surface area contributed by atoms with Crippen LogP contribution in [0.15, 0.2) is 146 Å². The second-order valence-corrected chi connectivity index (χ2v) is 18.5. The lowest BCUT2D eigenvalue weighted by Gasteiger charge is -2.13. The molecule has 480 valence electrons. The van der Waals surface area contributed by atoms with Crippen LogP contribution in [0.25, 0.3) is 0 Å². The molecule has 0 radical (unpaired) electrons. The number of halogens is 12. The van der Waals surface area contributed by atoms with Gasteiger partial charge in [0, 0.05) is 35.9 Å². The molecule has 20 nitrogen and oxygen atoms in total. The van der Waals surface area contributed by atoms with E-state index in [0.29, 0.717) is 50.1 Å². The number of ether oxygens (including phenoxy) is 8. The highest BCUT2D eigenvalue weighted by molar-refractivity contribution is 5.80. The number of hydrogen-bond donors (Lipinski definition) is 0. The summed E-state index contributed by atoms with van der Waals surface area (Å²) in [5.74, 6) is -0.342. The normalized spacial score (nSPS) is 16.9. The number of hydrogen-bond acceptors (Lipinski definition) is 16. The summed E-state index contributed by atoms with van der Waals surface area (Å²) >= 11 is 0. The van der Waals surface area contributed by atoms with Crippen molar-refractivity contribution in [2.45, 2.75) is 102 Å². The molecule has 6 heterocycles. The summed E-state index contributed by atoms with van der Waals surface area (Å²) in [5.41, 5.74) is 1.24. The number of nitrogens with zero attached hydrogens (tertiary/aromatic N) is 8. The van der Waals surface area contributed by atoms with E-state index >= 15 is 0 Å². The van der Waals surface area contributed by atoms with Gasteiger partial charge in [0.15, 0.2) is 24.8 Å². The summed E-state index contributed by atoms with van der Waals surface area (Å²) in [6.07, 6.45) is -14.7. The van der Waals surface area contributed by atoms with Crippen molar-refractivity contribution in [1.29, 1.82) is 0 Å². The third kappa shape index (κ3) is 20.7. The van der Waals surface area contributed by atoms with Crippen LogP contribution in [0.4, 0.5) is 52.7 Å². The van der Waals surface area contributed by atoms with Crippen molar-refractivity contribution < 1.29 is 115 Å². The van der Waals surface area contributed by atoms with Crippen LogP contribution in [0.2, 0.25) is 0 Å². The Labute approximate surface area is 507 Å². The van der Waals surface area contributed by atoms with Crippen LogP contribution in [0.3, 0.4) is 0 Å². The summed E-state index contributed by atoms with van der Waals surface area (Å²) in [6.45, 7) is -10.6. The number of epoxide rings is 2. The molecule has 0 N–H and O–H groups in total. The molecule has 8 aromatic rings. The quantitative estimate of drug-likeness (QED) is 0.0266. The fraction of sp³-hybridized carbons (Fsp3) is 0.310. The molecule has 4 unspecified atom stereocenters. The Bertz CT molecular complexity index is 3840. The molecule has 0 spiro atoms. The molecule has 0 bridgehead atoms. The van der Waals surface area contributed by atoms with Crippen LogP contribution in [0.1, 0.15) is 72.3 Å². The van der Waals surface area contributed by atoms with Gasteiger partial charge < -0.3 is 37.9 Å². The number of methoxy groups -OCH3 is 2. The highest BCUT2D eigenvalue weighted by atomic mass is 19.4. The zero-order valence-electron chi connectivity index (χ0n) is 50.6. The van der Waals surface area contributed by atoms with Crippen LogP contribution in [0.5, 0.6) is 23.0 Å². The van der Waals surface area contributed by atoms with Crippen LogP contribution < -0.4 is 18.9 Å². The molecule has 2 saturated heterocycles. The summed E-state index contributed by atoms with van der Waals surface area (Å²) in [5, 5.41) is 14.2. The first kappa shape index (κ1) is 61.9. The fourth-order valence-electron chi connectivity index (χ4n) is 7.86. The number of alkyl halides is 12. The van der Waals surface area contributed by atoms with Crippen molar-refractivity contribution in [2.75, 3.05) is 14.2 Å². The Morgan fingerprint density at radius 1 is 0.444 bits per heavy atom. The topological polar surface area (TPSA) is 220 Å². The van der Waals surface area contributed by atoms with E-state index in [2.05, 4.69) is 29.9 Å². The first-order chi connectivity index (χ1) is 44.2. The van der Waals surface area contributed by atoms with Gasteiger partial charge in [0.25, 0.3) is 0 Å². The number of para-hydroxylation sites is 4. The molecular weight excluding hydrogens is 1230 g/mol. The average Bonchev–Trinajstić information content (AvgIpc) is 1.62. The van der Waals surface area contributed by atoms with E-state index in [1.807, 2.05) is 0 Å². The van der Waals surface area contributed by atoms with Crippen molar-refractivity contribution in [3.63, 3.8) is 0 Å². The smallest absolute Gasteiger partial charge is 0.408 e. The average molecular weight is 1290 g/mol. The number of rotatable bonds is 22. The van der Waals surface area contributed by atoms with Crippen molar-refractivity contribution in [2.24, 2.45) is 0 Å². The van der Waals surface area contributed by atoms with Gasteiger partial charge in [-0.05, 0) is 60.7 Å².